The van der Waals surface area contributed by atoms with E-state index >= 15 is 0 Å². The number of benzene rings is 3. The third-order valence-corrected chi connectivity index (χ3v) is 6.17. The van der Waals surface area contributed by atoms with Gasteiger partial charge in [-0.15, -0.1) is 0 Å². The number of hydrogen-bond acceptors (Lipinski definition) is 4. The summed E-state index contributed by atoms with van der Waals surface area (Å²) in [6.07, 6.45) is 0. The van der Waals surface area contributed by atoms with Crippen LogP contribution in [0.3, 0.4) is 0 Å². The zero-order valence-electron chi connectivity index (χ0n) is 17.8. The fraction of sp³-hybridized carbons (Fsp3) is 0.200. The van der Waals surface area contributed by atoms with Gasteiger partial charge in [0.05, 0.1) is 10.7 Å². The molecule has 1 aliphatic heterocycles. The van der Waals surface area contributed by atoms with E-state index in [2.05, 4.69) is 26.1 Å². The molecule has 1 heterocycles. The Morgan fingerprint density at radius 3 is 2.30 bits per heavy atom. The Morgan fingerprint density at radius 2 is 1.64 bits per heavy atom. The number of nitrogens with one attached hydrogen (secondary N) is 1. The molecule has 170 valence electrons. The van der Waals surface area contributed by atoms with Crippen molar-refractivity contribution in [2.45, 2.75) is 0 Å². The molecule has 1 fully saturated rings. The van der Waals surface area contributed by atoms with Crippen LogP contribution in [0.2, 0.25) is 5.02 Å². The number of amides is 2. The number of piperazine rings is 1. The van der Waals surface area contributed by atoms with Crippen molar-refractivity contribution in [1.29, 1.82) is 0 Å². The van der Waals surface area contributed by atoms with Gasteiger partial charge < -0.3 is 19.9 Å². The molecule has 3 aromatic rings. The van der Waals surface area contributed by atoms with Gasteiger partial charge in [-0.05, 0) is 54.6 Å². The van der Waals surface area contributed by atoms with Crippen molar-refractivity contribution in [3.8, 4) is 5.75 Å². The number of halogens is 2. The summed E-state index contributed by atoms with van der Waals surface area (Å²) in [4.78, 5) is 28.9. The first-order valence-corrected chi connectivity index (χ1v) is 11.7. The monoisotopic (exact) mass is 527 g/mol. The van der Waals surface area contributed by atoms with Gasteiger partial charge in [-0.25, -0.2) is 0 Å². The van der Waals surface area contributed by atoms with Crippen LogP contribution in [0.1, 0.15) is 10.4 Å². The van der Waals surface area contributed by atoms with E-state index < -0.39 is 0 Å². The predicted molar refractivity (Wildman–Crippen MR) is 134 cm³/mol. The smallest absolute Gasteiger partial charge is 0.262 e. The normalized spacial score (nSPS) is 13.5. The third kappa shape index (κ3) is 6.06. The first-order chi connectivity index (χ1) is 16.0. The summed E-state index contributed by atoms with van der Waals surface area (Å²) in [6, 6.07) is 22.0. The molecule has 4 rings (SSSR count). The maximum atomic E-state index is 12.6. The first kappa shape index (κ1) is 23.1. The van der Waals surface area contributed by atoms with E-state index in [0.717, 1.165) is 10.2 Å². The maximum absolute atomic E-state index is 12.6. The Kier molecular flexibility index (Phi) is 7.52. The van der Waals surface area contributed by atoms with Crippen LogP contribution in [0.5, 0.6) is 5.75 Å². The van der Waals surface area contributed by atoms with Gasteiger partial charge in [-0.1, -0.05) is 45.7 Å². The maximum Gasteiger partial charge on any atom is 0.262 e. The number of hydrogen-bond donors (Lipinski definition) is 1. The van der Waals surface area contributed by atoms with E-state index in [4.69, 9.17) is 16.3 Å². The molecule has 33 heavy (non-hydrogen) atoms. The van der Waals surface area contributed by atoms with Crippen molar-refractivity contribution < 1.29 is 14.3 Å². The van der Waals surface area contributed by atoms with E-state index in [1.54, 1.807) is 18.2 Å². The molecule has 2 amide bonds. The molecule has 0 radical (unpaired) electrons. The average Bonchev–Trinajstić information content (AvgIpc) is 2.84. The van der Waals surface area contributed by atoms with Crippen molar-refractivity contribution in [3.63, 3.8) is 0 Å². The third-order valence-electron chi connectivity index (χ3n) is 5.34. The van der Waals surface area contributed by atoms with Gasteiger partial charge in [-0.3, -0.25) is 9.59 Å². The summed E-state index contributed by atoms with van der Waals surface area (Å²) < 4.78 is 6.44. The summed E-state index contributed by atoms with van der Waals surface area (Å²) in [5, 5.41) is 3.35. The van der Waals surface area contributed by atoms with Crippen molar-refractivity contribution in [3.05, 3.63) is 87.9 Å². The summed E-state index contributed by atoms with van der Waals surface area (Å²) in [6.45, 7) is 2.51. The quantitative estimate of drug-likeness (QED) is 0.485. The van der Waals surface area contributed by atoms with E-state index in [-0.39, 0.29) is 18.4 Å². The van der Waals surface area contributed by atoms with Crippen LogP contribution in [-0.2, 0) is 4.79 Å². The van der Waals surface area contributed by atoms with Gasteiger partial charge in [0.1, 0.15) is 5.75 Å². The minimum Gasteiger partial charge on any atom is -0.484 e. The topological polar surface area (TPSA) is 61.9 Å². The average molecular weight is 529 g/mol. The lowest BCUT2D eigenvalue weighted by Gasteiger charge is -2.36. The summed E-state index contributed by atoms with van der Waals surface area (Å²) in [5.74, 6) is 0.395. The molecule has 1 N–H and O–H groups in total. The van der Waals surface area contributed by atoms with Gasteiger partial charge in [0.2, 0.25) is 0 Å². The Bertz CT molecular complexity index is 1120. The summed E-state index contributed by atoms with van der Waals surface area (Å²) in [7, 11) is 0. The van der Waals surface area contributed by atoms with Crippen molar-refractivity contribution in [2.75, 3.05) is 43.0 Å². The zero-order chi connectivity index (χ0) is 23.2. The highest BCUT2D eigenvalue weighted by Crippen LogP contribution is 2.30. The van der Waals surface area contributed by atoms with E-state index in [1.807, 2.05) is 59.5 Å². The second-order valence-corrected chi connectivity index (χ2v) is 8.93. The van der Waals surface area contributed by atoms with Crippen LogP contribution in [0.25, 0.3) is 0 Å². The van der Waals surface area contributed by atoms with Gasteiger partial charge >= 0.3 is 0 Å². The van der Waals surface area contributed by atoms with Crippen molar-refractivity contribution in [1.82, 2.24) is 4.90 Å². The number of nitrogens with zero attached hydrogens (tertiary/aromatic N) is 2. The van der Waals surface area contributed by atoms with E-state index in [0.29, 0.717) is 48.2 Å². The second kappa shape index (κ2) is 10.7. The predicted octanol–water partition coefficient (Wildman–Crippen LogP) is 5.08. The number of ether oxygens (including phenoxy) is 1. The molecular formula is C25H23BrClN3O3. The van der Waals surface area contributed by atoms with Gasteiger partial charge in [0.25, 0.3) is 11.8 Å². The highest BCUT2D eigenvalue weighted by atomic mass is 79.9. The molecule has 0 aliphatic carbocycles. The molecule has 0 saturated carbocycles. The molecule has 1 aliphatic rings. The van der Waals surface area contributed by atoms with E-state index in [1.165, 1.54) is 0 Å². The number of carbonyl (C=O) groups is 2. The largest absolute Gasteiger partial charge is 0.484 e. The van der Waals surface area contributed by atoms with Gasteiger partial charge in [0, 0.05) is 41.9 Å². The Morgan fingerprint density at radius 1 is 0.939 bits per heavy atom. The molecule has 0 aromatic heterocycles. The van der Waals surface area contributed by atoms with E-state index in [9.17, 15) is 9.59 Å². The van der Waals surface area contributed by atoms with Crippen molar-refractivity contribution >= 4 is 50.7 Å². The molecule has 1 saturated heterocycles. The lowest BCUT2D eigenvalue weighted by Crippen LogP contribution is -2.48. The lowest BCUT2D eigenvalue weighted by molar-refractivity contribution is -0.118. The molecule has 8 heteroatoms. The minimum absolute atomic E-state index is 0.0461. The van der Waals surface area contributed by atoms with Crippen LogP contribution in [0, 0.1) is 0 Å². The number of anilines is 2. The van der Waals surface area contributed by atoms with Crippen LogP contribution < -0.4 is 15.0 Å². The first-order valence-electron chi connectivity index (χ1n) is 10.6. The molecule has 3 aromatic carbocycles. The summed E-state index contributed by atoms with van der Waals surface area (Å²) in [5.41, 5.74) is 2.19. The second-order valence-electron chi connectivity index (χ2n) is 7.60. The lowest BCUT2D eigenvalue weighted by atomic mass is 10.1. The minimum atomic E-state index is -0.269. The van der Waals surface area contributed by atoms with Crippen LogP contribution >= 0.6 is 27.5 Å². The fourth-order valence-electron chi connectivity index (χ4n) is 3.63. The van der Waals surface area contributed by atoms with Gasteiger partial charge in [0.15, 0.2) is 6.61 Å². The fourth-order valence-corrected chi connectivity index (χ4v) is 4.20. The van der Waals surface area contributed by atoms with Gasteiger partial charge in [-0.2, -0.15) is 0 Å². The Balaban J connectivity index is 1.30. The highest BCUT2D eigenvalue weighted by molar-refractivity contribution is 9.10. The molecule has 0 bridgehead atoms. The summed E-state index contributed by atoms with van der Waals surface area (Å²) >= 11 is 9.88. The van der Waals surface area contributed by atoms with Crippen LogP contribution in [0.4, 0.5) is 11.4 Å². The highest BCUT2D eigenvalue weighted by Gasteiger charge is 2.23. The standard InChI is InChI=1S/C25H23BrClN3O3/c26-19-6-9-21(10-7-19)33-17-24(31)28-20-8-11-23(22(27)16-20)29-12-14-30(15-13-29)25(32)18-4-2-1-3-5-18/h1-11,16H,12-15,17H2,(H,28,31). The Labute approximate surface area is 206 Å². The molecule has 0 atom stereocenters. The molecule has 6 nitrogen and oxygen atoms in total. The van der Waals surface area contributed by atoms with Crippen LogP contribution in [0.15, 0.2) is 77.3 Å². The molecule has 0 unspecified atom stereocenters. The SMILES string of the molecule is O=C(COc1ccc(Br)cc1)Nc1ccc(N2CCN(C(=O)c3ccccc3)CC2)c(Cl)c1. The zero-order valence-corrected chi connectivity index (χ0v) is 20.2. The Hall–Kier alpha value is -3.03. The number of carbonyl (C=O) groups excluding carboxylic acids is 2. The van der Waals surface area contributed by atoms with Crippen LogP contribution in [-0.4, -0.2) is 49.5 Å². The number of rotatable bonds is 6. The van der Waals surface area contributed by atoms with Crippen molar-refractivity contribution in [2.24, 2.45) is 0 Å². The molecular weight excluding hydrogens is 506 g/mol. The molecule has 0 spiro atoms.